The number of hydrogen-bond donors (Lipinski definition) is 3. The van der Waals surface area contributed by atoms with Gasteiger partial charge in [-0.3, -0.25) is 5.84 Å². The molecule has 0 fully saturated rings. The van der Waals surface area contributed by atoms with Crippen molar-refractivity contribution >= 4 is 5.69 Å². The van der Waals surface area contributed by atoms with Crippen molar-refractivity contribution < 1.29 is 10.3 Å². The first-order valence-electron chi connectivity index (χ1n) is 4.37. The van der Waals surface area contributed by atoms with Crippen LogP contribution in [0.2, 0.25) is 0 Å². The van der Waals surface area contributed by atoms with Crippen LogP contribution in [0.15, 0.2) is 24.3 Å². The van der Waals surface area contributed by atoms with Gasteiger partial charge in [-0.1, -0.05) is 26.0 Å². The van der Waals surface area contributed by atoms with Gasteiger partial charge in [0.15, 0.2) is 0 Å². The summed E-state index contributed by atoms with van der Waals surface area (Å²) in [5, 5.41) is 13.6. The molecule has 1 aromatic carbocycles. The Kier molecular flexibility index (Phi) is 5.81. The van der Waals surface area contributed by atoms with E-state index in [9.17, 15) is 0 Å². The summed E-state index contributed by atoms with van der Waals surface area (Å²) in [6.07, 6.45) is 0. The summed E-state index contributed by atoms with van der Waals surface area (Å²) in [5.41, 5.74) is 4.90. The van der Waals surface area contributed by atoms with Gasteiger partial charge in [0.05, 0.1) is 0 Å². The van der Waals surface area contributed by atoms with E-state index < -0.39 is 5.09 Å². The van der Waals surface area contributed by atoms with Gasteiger partial charge in [0, 0.05) is 5.69 Å². The maximum atomic E-state index is 8.36. The molecule has 0 saturated carbocycles. The van der Waals surface area contributed by atoms with E-state index in [0.717, 1.165) is 5.69 Å². The maximum Gasteiger partial charge on any atom is 0.291 e. The predicted molar refractivity (Wildman–Crippen MR) is 57.1 cm³/mol. The summed E-state index contributed by atoms with van der Waals surface area (Å²) >= 11 is 0. The maximum absolute atomic E-state index is 8.36. The lowest BCUT2D eigenvalue weighted by Gasteiger charge is -2.06. The average Bonchev–Trinajstić information content (AvgIpc) is 2.17. The lowest BCUT2D eigenvalue weighted by atomic mass is 10.0. The third-order valence-corrected chi connectivity index (χ3v) is 1.72. The smallest absolute Gasteiger partial charge is 0.291 e. The lowest BCUT2D eigenvalue weighted by molar-refractivity contribution is -0.742. The van der Waals surface area contributed by atoms with Gasteiger partial charge in [-0.15, -0.1) is 10.1 Å². The monoisotopic (exact) mass is 213 g/mol. The Morgan fingerprint density at radius 1 is 1.53 bits per heavy atom. The second kappa shape index (κ2) is 6.61. The minimum Gasteiger partial charge on any atom is -0.328 e. The molecule has 0 bridgehead atoms. The molecule has 0 amide bonds. The molecule has 0 saturated heterocycles. The van der Waals surface area contributed by atoms with Crippen molar-refractivity contribution in [1.82, 2.24) is 0 Å². The Hall–Kier alpha value is -1.82. The molecule has 1 aromatic rings. The van der Waals surface area contributed by atoms with Crippen LogP contribution >= 0.6 is 0 Å². The lowest BCUT2D eigenvalue weighted by Crippen LogP contribution is -2.06. The molecule has 4 N–H and O–H groups in total. The Morgan fingerprint density at radius 3 is 2.47 bits per heavy atom. The van der Waals surface area contributed by atoms with E-state index in [1.54, 1.807) is 0 Å². The number of anilines is 1. The van der Waals surface area contributed by atoms with Crippen molar-refractivity contribution in [2.45, 2.75) is 19.8 Å². The molecule has 0 unspecified atom stereocenters. The quantitative estimate of drug-likeness (QED) is 0.394. The van der Waals surface area contributed by atoms with Crippen LogP contribution in [0, 0.1) is 10.1 Å². The third kappa shape index (κ3) is 6.28. The first-order valence-corrected chi connectivity index (χ1v) is 4.37. The SMILES string of the molecule is CC(C)c1cccc(NN)c1.O=[N+]([O-])O. The van der Waals surface area contributed by atoms with Gasteiger partial charge in [-0.25, -0.2) is 0 Å². The summed E-state index contributed by atoms with van der Waals surface area (Å²) in [6, 6.07) is 8.12. The number of nitrogens with zero attached hydrogens (tertiary/aromatic N) is 1. The van der Waals surface area contributed by atoms with Crippen LogP contribution < -0.4 is 11.3 Å². The molecule has 0 radical (unpaired) electrons. The zero-order valence-corrected chi connectivity index (χ0v) is 8.68. The van der Waals surface area contributed by atoms with E-state index in [-0.39, 0.29) is 0 Å². The van der Waals surface area contributed by atoms with Gasteiger partial charge in [-0.05, 0) is 23.6 Å². The van der Waals surface area contributed by atoms with E-state index in [1.807, 2.05) is 12.1 Å². The van der Waals surface area contributed by atoms with Gasteiger partial charge < -0.3 is 10.6 Å². The Morgan fingerprint density at radius 2 is 2.07 bits per heavy atom. The minimum atomic E-state index is -1.50. The van der Waals surface area contributed by atoms with Gasteiger partial charge in [-0.2, -0.15) is 0 Å². The first-order chi connectivity index (χ1) is 6.97. The second-order valence-electron chi connectivity index (χ2n) is 3.16. The van der Waals surface area contributed by atoms with Crippen molar-refractivity contribution in [2.24, 2.45) is 5.84 Å². The third-order valence-electron chi connectivity index (χ3n) is 1.72. The van der Waals surface area contributed by atoms with E-state index in [0.29, 0.717) is 5.92 Å². The Labute approximate surface area is 87.8 Å². The molecule has 6 nitrogen and oxygen atoms in total. The molecule has 0 aliphatic rings. The molecule has 0 heterocycles. The van der Waals surface area contributed by atoms with Crippen LogP contribution in [0.5, 0.6) is 0 Å². The highest BCUT2D eigenvalue weighted by Crippen LogP contribution is 2.17. The molecular weight excluding hydrogens is 198 g/mol. The van der Waals surface area contributed by atoms with Crippen molar-refractivity contribution in [3.8, 4) is 0 Å². The average molecular weight is 213 g/mol. The van der Waals surface area contributed by atoms with Crippen molar-refractivity contribution in [1.29, 1.82) is 0 Å². The highest BCUT2D eigenvalue weighted by atomic mass is 16.9. The summed E-state index contributed by atoms with van der Waals surface area (Å²) < 4.78 is 0. The van der Waals surface area contributed by atoms with Crippen molar-refractivity contribution in [3.63, 3.8) is 0 Å². The van der Waals surface area contributed by atoms with Gasteiger partial charge in [0.25, 0.3) is 5.09 Å². The summed E-state index contributed by atoms with van der Waals surface area (Å²) in [5.74, 6) is 5.83. The van der Waals surface area contributed by atoms with E-state index in [2.05, 4.69) is 31.4 Å². The van der Waals surface area contributed by atoms with Crippen LogP contribution in [0.4, 0.5) is 5.69 Å². The fraction of sp³-hybridized carbons (Fsp3) is 0.333. The molecule has 0 aliphatic carbocycles. The molecule has 6 heteroatoms. The Balaban J connectivity index is 0.000000423. The predicted octanol–water partition coefficient (Wildman–Crippen LogP) is 1.75. The van der Waals surface area contributed by atoms with Crippen LogP contribution in [0.25, 0.3) is 0 Å². The molecule has 0 atom stereocenters. The summed E-state index contributed by atoms with van der Waals surface area (Å²) in [7, 11) is 0. The minimum absolute atomic E-state index is 0.559. The molecule has 0 spiro atoms. The van der Waals surface area contributed by atoms with E-state index in [4.69, 9.17) is 21.2 Å². The number of nitrogens with one attached hydrogen (secondary N) is 1. The van der Waals surface area contributed by atoms with Crippen molar-refractivity contribution in [2.75, 3.05) is 5.43 Å². The molecule has 0 aromatic heterocycles. The molecule has 0 aliphatic heterocycles. The zero-order valence-electron chi connectivity index (χ0n) is 8.68. The Bertz CT molecular complexity index is 311. The molecule has 1 rings (SSSR count). The molecule has 84 valence electrons. The second-order valence-corrected chi connectivity index (χ2v) is 3.16. The standard InChI is InChI=1S/C9H14N2.HNO3/c1-7(2)8-4-3-5-9(6-8)11-10;2-1(3)4/h3-7,11H,10H2,1-2H3;(H,2,3,4). The highest BCUT2D eigenvalue weighted by molar-refractivity contribution is 5.45. The number of benzene rings is 1. The van der Waals surface area contributed by atoms with E-state index in [1.165, 1.54) is 5.56 Å². The van der Waals surface area contributed by atoms with Gasteiger partial charge in [0.2, 0.25) is 0 Å². The van der Waals surface area contributed by atoms with Gasteiger partial charge in [0.1, 0.15) is 0 Å². The number of nitrogens with two attached hydrogens (primary N) is 1. The summed E-state index contributed by atoms with van der Waals surface area (Å²) in [4.78, 5) is 8.36. The van der Waals surface area contributed by atoms with E-state index >= 15 is 0 Å². The number of rotatable bonds is 2. The zero-order chi connectivity index (χ0) is 11.8. The van der Waals surface area contributed by atoms with Gasteiger partial charge >= 0.3 is 0 Å². The molecular formula is C9H15N3O3. The van der Waals surface area contributed by atoms with Crippen LogP contribution in [-0.2, 0) is 0 Å². The normalized spacial score (nSPS) is 9.07. The number of nitrogen functional groups attached to an aromatic ring is 1. The van der Waals surface area contributed by atoms with Crippen LogP contribution in [0.1, 0.15) is 25.3 Å². The van der Waals surface area contributed by atoms with Crippen LogP contribution in [-0.4, -0.2) is 10.3 Å². The molecule has 15 heavy (non-hydrogen) atoms. The highest BCUT2D eigenvalue weighted by Gasteiger charge is 1.97. The topological polar surface area (TPSA) is 101 Å². The summed E-state index contributed by atoms with van der Waals surface area (Å²) in [6.45, 7) is 4.32. The number of hydrogen-bond acceptors (Lipinski definition) is 4. The van der Waals surface area contributed by atoms with Crippen LogP contribution in [0.3, 0.4) is 0 Å². The first kappa shape index (κ1) is 13.2. The largest absolute Gasteiger partial charge is 0.328 e. The fourth-order valence-electron chi connectivity index (χ4n) is 0.988. The van der Waals surface area contributed by atoms with Crippen molar-refractivity contribution in [3.05, 3.63) is 39.9 Å². The number of hydrazine groups is 1. The fourth-order valence-corrected chi connectivity index (χ4v) is 0.988.